The Labute approximate surface area is 83.9 Å². The molecule has 1 heterocycles. The Bertz CT molecular complexity index is 358. The maximum atomic E-state index is 12.6. The van der Waals surface area contributed by atoms with Crippen LogP contribution in [0.3, 0.4) is 0 Å². The van der Waals surface area contributed by atoms with Gasteiger partial charge in [-0.2, -0.15) is 18.3 Å². The van der Waals surface area contributed by atoms with E-state index in [1.165, 1.54) is 18.3 Å². The molecule has 0 aliphatic heterocycles. The molecule has 0 bridgehead atoms. The smallest absolute Gasteiger partial charge is 0.401 e. The molecule has 6 heteroatoms. The number of rotatable bonds is 3. The Balaban J connectivity index is 2.01. The number of halogens is 3. The highest BCUT2D eigenvalue weighted by atomic mass is 19.4. The normalized spacial score (nSPS) is 25.0. The van der Waals surface area contributed by atoms with Crippen LogP contribution in [-0.4, -0.2) is 23.0 Å². The number of nitrogens with one attached hydrogen (secondary N) is 1. The van der Waals surface area contributed by atoms with Gasteiger partial charge >= 0.3 is 6.18 Å². The Morgan fingerprint density at radius 1 is 1.53 bits per heavy atom. The number of nitrogens with zero attached hydrogens (tertiary/aromatic N) is 1. The van der Waals surface area contributed by atoms with Gasteiger partial charge in [-0.05, 0) is 6.42 Å². The molecular weight excluding hydrogens is 209 g/mol. The highest BCUT2D eigenvalue weighted by Gasteiger charge is 2.56. The van der Waals surface area contributed by atoms with Gasteiger partial charge in [0, 0.05) is 6.07 Å². The van der Waals surface area contributed by atoms with Crippen LogP contribution in [0.2, 0.25) is 0 Å². The molecule has 0 spiro atoms. The van der Waals surface area contributed by atoms with Crippen molar-refractivity contribution in [3.05, 3.63) is 24.4 Å². The van der Waals surface area contributed by atoms with Crippen molar-refractivity contribution in [1.82, 2.24) is 10.2 Å². The van der Waals surface area contributed by atoms with Crippen LogP contribution in [0.1, 0.15) is 6.42 Å². The molecule has 1 N–H and O–H groups in total. The third-order valence-corrected chi connectivity index (χ3v) is 2.44. The third kappa shape index (κ3) is 1.71. The van der Waals surface area contributed by atoms with E-state index in [0.29, 0.717) is 0 Å². The van der Waals surface area contributed by atoms with Crippen molar-refractivity contribution < 1.29 is 17.9 Å². The van der Waals surface area contributed by atoms with E-state index in [1.54, 1.807) is 0 Å². The number of hydrogen-bond donors (Lipinski definition) is 1. The van der Waals surface area contributed by atoms with E-state index in [2.05, 4.69) is 10.2 Å². The molecule has 15 heavy (non-hydrogen) atoms. The van der Waals surface area contributed by atoms with Crippen molar-refractivity contribution >= 4 is 0 Å². The maximum absolute atomic E-state index is 12.6. The Morgan fingerprint density at radius 2 is 2.27 bits per heavy atom. The van der Waals surface area contributed by atoms with E-state index in [-0.39, 0.29) is 12.3 Å². The predicted octanol–water partition coefficient (Wildman–Crippen LogP) is 2.30. The summed E-state index contributed by atoms with van der Waals surface area (Å²) in [5, 5.41) is 6.03. The lowest BCUT2D eigenvalue weighted by atomic mass is 9.76. The molecule has 2 rings (SSSR count). The van der Waals surface area contributed by atoms with Crippen molar-refractivity contribution in [1.29, 1.82) is 0 Å². The van der Waals surface area contributed by atoms with Gasteiger partial charge in [0.1, 0.15) is 12.0 Å². The largest absolute Gasteiger partial charge is 0.477 e. The molecule has 1 aromatic heterocycles. The van der Waals surface area contributed by atoms with E-state index in [1.807, 2.05) is 0 Å². The van der Waals surface area contributed by atoms with Gasteiger partial charge in [-0.1, -0.05) is 12.2 Å². The average molecular weight is 218 g/mol. The Morgan fingerprint density at radius 3 is 2.67 bits per heavy atom. The van der Waals surface area contributed by atoms with Crippen LogP contribution in [0.15, 0.2) is 24.4 Å². The zero-order valence-corrected chi connectivity index (χ0v) is 7.71. The summed E-state index contributed by atoms with van der Waals surface area (Å²) >= 11 is 0. The molecule has 1 unspecified atom stereocenters. The van der Waals surface area contributed by atoms with Gasteiger partial charge in [-0.25, -0.2) is 5.10 Å². The van der Waals surface area contributed by atoms with Crippen LogP contribution >= 0.6 is 0 Å². The van der Waals surface area contributed by atoms with Crippen LogP contribution in [-0.2, 0) is 0 Å². The number of aromatic amines is 1. The van der Waals surface area contributed by atoms with Crippen molar-refractivity contribution in [3.63, 3.8) is 0 Å². The summed E-state index contributed by atoms with van der Waals surface area (Å²) in [6, 6.07) is 1.48. The van der Waals surface area contributed by atoms with Crippen LogP contribution in [0.5, 0.6) is 5.88 Å². The molecule has 0 aromatic carbocycles. The first kappa shape index (κ1) is 10.1. The molecular formula is C9H9F3N2O. The number of allylic oxidation sites excluding steroid dienone is 1. The van der Waals surface area contributed by atoms with Gasteiger partial charge in [0.05, 0.1) is 6.20 Å². The molecule has 0 saturated heterocycles. The van der Waals surface area contributed by atoms with E-state index >= 15 is 0 Å². The summed E-state index contributed by atoms with van der Waals surface area (Å²) < 4.78 is 42.9. The average Bonchev–Trinajstić information content (AvgIpc) is 2.51. The van der Waals surface area contributed by atoms with E-state index < -0.39 is 18.2 Å². The molecule has 3 nitrogen and oxygen atoms in total. The Hall–Kier alpha value is -1.46. The summed E-state index contributed by atoms with van der Waals surface area (Å²) in [4.78, 5) is 0. The minimum absolute atomic E-state index is 0.0232. The summed E-state index contributed by atoms with van der Waals surface area (Å²) in [5.41, 5.74) is -1.82. The monoisotopic (exact) mass is 218 g/mol. The highest BCUT2D eigenvalue weighted by Crippen LogP contribution is 2.47. The van der Waals surface area contributed by atoms with Crippen molar-refractivity contribution in [2.75, 3.05) is 6.61 Å². The second-order valence-corrected chi connectivity index (χ2v) is 3.47. The van der Waals surface area contributed by atoms with Crippen molar-refractivity contribution in [2.24, 2.45) is 5.41 Å². The SMILES string of the molecule is FC(F)(F)C1(COc2ccn[nH]2)C=CC1. The van der Waals surface area contributed by atoms with E-state index in [0.717, 1.165) is 6.08 Å². The van der Waals surface area contributed by atoms with Crippen LogP contribution in [0, 0.1) is 5.41 Å². The lowest BCUT2D eigenvalue weighted by Crippen LogP contribution is -2.44. The minimum atomic E-state index is -4.26. The fraction of sp³-hybridized carbons (Fsp3) is 0.444. The molecule has 0 fully saturated rings. The number of H-pyrrole nitrogens is 1. The maximum Gasteiger partial charge on any atom is 0.401 e. The topological polar surface area (TPSA) is 37.9 Å². The summed E-state index contributed by atoms with van der Waals surface area (Å²) in [7, 11) is 0. The second kappa shape index (κ2) is 3.29. The molecule has 0 radical (unpaired) electrons. The summed E-state index contributed by atoms with van der Waals surface area (Å²) in [5.74, 6) is 0.249. The Kier molecular flexibility index (Phi) is 2.21. The first-order valence-corrected chi connectivity index (χ1v) is 4.40. The standard InChI is InChI=1S/C9H9F3N2O/c10-9(11,12)8(3-1-4-8)6-15-7-2-5-13-14-7/h1-3,5H,4,6H2,(H,13,14). The van der Waals surface area contributed by atoms with Gasteiger partial charge in [-0.15, -0.1) is 0 Å². The fourth-order valence-corrected chi connectivity index (χ4v) is 1.33. The van der Waals surface area contributed by atoms with Crippen LogP contribution in [0.25, 0.3) is 0 Å². The molecule has 0 saturated carbocycles. The molecule has 1 aromatic rings. The lowest BCUT2D eigenvalue weighted by Gasteiger charge is -2.36. The van der Waals surface area contributed by atoms with E-state index in [9.17, 15) is 13.2 Å². The van der Waals surface area contributed by atoms with Crippen molar-refractivity contribution in [2.45, 2.75) is 12.6 Å². The number of aromatic nitrogens is 2. The highest BCUT2D eigenvalue weighted by molar-refractivity contribution is 5.18. The quantitative estimate of drug-likeness (QED) is 0.790. The lowest BCUT2D eigenvalue weighted by molar-refractivity contribution is -0.219. The molecule has 82 valence electrons. The second-order valence-electron chi connectivity index (χ2n) is 3.47. The van der Waals surface area contributed by atoms with Gasteiger partial charge in [-0.3, -0.25) is 0 Å². The first-order valence-electron chi connectivity index (χ1n) is 4.40. The summed E-state index contributed by atoms with van der Waals surface area (Å²) in [6.07, 6.45) is -0.230. The predicted molar refractivity (Wildman–Crippen MR) is 46.3 cm³/mol. The van der Waals surface area contributed by atoms with Crippen LogP contribution < -0.4 is 4.74 Å². The van der Waals surface area contributed by atoms with Gasteiger partial charge in [0.25, 0.3) is 0 Å². The number of hydrogen-bond acceptors (Lipinski definition) is 2. The zero-order valence-electron chi connectivity index (χ0n) is 7.71. The fourth-order valence-electron chi connectivity index (χ4n) is 1.33. The van der Waals surface area contributed by atoms with E-state index in [4.69, 9.17) is 4.74 Å². The first-order chi connectivity index (χ1) is 7.04. The van der Waals surface area contributed by atoms with Gasteiger partial charge in [0.15, 0.2) is 0 Å². The van der Waals surface area contributed by atoms with Crippen LogP contribution in [0.4, 0.5) is 13.2 Å². The van der Waals surface area contributed by atoms with Gasteiger partial charge < -0.3 is 4.74 Å². The number of alkyl halides is 3. The molecule has 0 amide bonds. The molecule has 1 aliphatic rings. The summed E-state index contributed by atoms with van der Waals surface area (Å²) in [6.45, 7) is -0.408. The third-order valence-electron chi connectivity index (χ3n) is 2.44. The molecule has 1 aliphatic carbocycles. The molecule has 1 atom stereocenters. The number of ether oxygens (including phenoxy) is 1. The van der Waals surface area contributed by atoms with Crippen molar-refractivity contribution in [3.8, 4) is 5.88 Å². The van der Waals surface area contributed by atoms with Gasteiger partial charge in [0.2, 0.25) is 5.88 Å². The zero-order chi connectivity index (χ0) is 10.9. The minimum Gasteiger partial charge on any atom is -0.477 e.